The number of benzene rings is 11. The zero-order chi connectivity index (χ0) is 39.6. The van der Waals surface area contributed by atoms with E-state index >= 15 is 0 Å². The molecule has 12 aromatic rings. The average Bonchev–Trinajstić information content (AvgIpc) is 3.70. The summed E-state index contributed by atoms with van der Waals surface area (Å²) in [5.41, 5.74) is 12.2. The average molecular weight is 764 g/mol. The molecule has 11 aromatic carbocycles. The quantitative estimate of drug-likeness (QED) is 0.157. The van der Waals surface area contributed by atoms with Crippen molar-refractivity contribution in [2.45, 2.75) is 0 Å². The van der Waals surface area contributed by atoms with E-state index in [0.717, 1.165) is 50.1 Å². The van der Waals surface area contributed by atoms with Crippen molar-refractivity contribution in [1.29, 1.82) is 0 Å². The molecule has 2 nitrogen and oxygen atoms in total. The van der Waals surface area contributed by atoms with Gasteiger partial charge in [0.15, 0.2) is 0 Å². The molecule has 1 aromatic heterocycles. The van der Waals surface area contributed by atoms with Gasteiger partial charge in [0, 0.05) is 27.8 Å². The fraction of sp³-hybridized carbons (Fsp3) is 0. The minimum absolute atomic E-state index is 0.901. The molecule has 0 aliphatic carbocycles. The van der Waals surface area contributed by atoms with E-state index in [0.29, 0.717) is 0 Å². The Morgan fingerprint density at radius 3 is 1.60 bits per heavy atom. The molecule has 0 saturated carbocycles. The van der Waals surface area contributed by atoms with E-state index in [1.807, 2.05) is 6.07 Å². The molecule has 0 aliphatic rings. The summed E-state index contributed by atoms with van der Waals surface area (Å²) in [7, 11) is 0. The van der Waals surface area contributed by atoms with Gasteiger partial charge in [-0.1, -0.05) is 158 Å². The first-order chi connectivity index (χ1) is 29.7. The summed E-state index contributed by atoms with van der Waals surface area (Å²) in [6.07, 6.45) is 0. The van der Waals surface area contributed by atoms with Crippen molar-refractivity contribution in [3.05, 3.63) is 224 Å². The number of rotatable bonds is 6. The van der Waals surface area contributed by atoms with Crippen LogP contribution in [0.3, 0.4) is 0 Å². The van der Waals surface area contributed by atoms with Gasteiger partial charge in [-0.25, -0.2) is 0 Å². The lowest BCUT2D eigenvalue weighted by Gasteiger charge is -2.26. The molecular weight excluding hydrogens is 727 g/mol. The number of anilines is 3. The number of para-hydroxylation sites is 2. The van der Waals surface area contributed by atoms with Crippen molar-refractivity contribution < 1.29 is 4.42 Å². The third-order valence-electron chi connectivity index (χ3n) is 12.2. The Morgan fingerprint density at radius 2 is 0.817 bits per heavy atom. The third-order valence-corrected chi connectivity index (χ3v) is 12.2. The molecule has 0 bridgehead atoms. The first-order valence-electron chi connectivity index (χ1n) is 20.6. The molecule has 280 valence electrons. The fourth-order valence-electron chi connectivity index (χ4n) is 9.32. The van der Waals surface area contributed by atoms with Gasteiger partial charge in [-0.15, -0.1) is 0 Å². The maximum atomic E-state index is 6.54. The van der Waals surface area contributed by atoms with Gasteiger partial charge < -0.3 is 9.32 Å². The van der Waals surface area contributed by atoms with Gasteiger partial charge in [0.2, 0.25) is 0 Å². The van der Waals surface area contributed by atoms with Gasteiger partial charge in [-0.3, -0.25) is 0 Å². The fourth-order valence-corrected chi connectivity index (χ4v) is 9.32. The zero-order valence-corrected chi connectivity index (χ0v) is 32.7. The summed E-state index contributed by atoms with van der Waals surface area (Å²) in [4.78, 5) is 2.34. The Labute approximate surface area is 347 Å². The van der Waals surface area contributed by atoms with Gasteiger partial charge in [-0.2, -0.15) is 0 Å². The monoisotopic (exact) mass is 763 g/mol. The summed E-state index contributed by atoms with van der Waals surface area (Å²) in [6.45, 7) is 0. The SMILES string of the molecule is c1ccc(N(c2ccc(-c3ccc4c(-c5ccc6ccccc6c5)cc5oc6ccccc6c5c4c3)cc2)c2ccc(-c3cc4ccccc4c4ccccc34)cc2)cc1. The highest BCUT2D eigenvalue weighted by molar-refractivity contribution is 6.23. The second kappa shape index (κ2) is 13.9. The van der Waals surface area contributed by atoms with Crippen molar-refractivity contribution in [2.24, 2.45) is 0 Å². The van der Waals surface area contributed by atoms with Crippen LogP contribution >= 0.6 is 0 Å². The molecule has 0 unspecified atom stereocenters. The van der Waals surface area contributed by atoms with E-state index in [2.05, 4.69) is 223 Å². The molecule has 2 heteroatoms. The molecule has 0 spiro atoms. The lowest BCUT2D eigenvalue weighted by atomic mass is 9.91. The third kappa shape index (κ3) is 5.65. The van der Waals surface area contributed by atoms with E-state index < -0.39 is 0 Å². The first-order valence-corrected chi connectivity index (χ1v) is 20.6. The van der Waals surface area contributed by atoms with Crippen molar-refractivity contribution in [3.8, 4) is 33.4 Å². The first kappa shape index (κ1) is 34.1. The van der Waals surface area contributed by atoms with Gasteiger partial charge in [0.1, 0.15) is 11.2 Å². The van der Waals surface area contributed by atoms with Gasteiger partial charge in [0.25, 0.3) is 0 Å². The summed E-state index contributed by atoms with van der Waals surface area (Å²) in [6, 6.07) is 81.2. The number of fused-ring (bicyclic) bond motifs is 9. The van der Waals surface area contributed by atoms with Crippen LogP contribution in [0.5, 0.6) is 0 Å². The van der Waals surface area contributed by atoms with E-state index in [9.17, 15) is 0 Å². The second-order valence-corrected chi connectivity index (χ2v) is 15.7. The van der Waals surface area contributed by atoms with Crippen LogP contribution in [0.1, 0.15) is 0 Å². The normalized spacial score (nSPS) is 11.7. The van der Waals surface area contributed by atoms with Gasteiger partial charge in [0.05, 0.1) is 0 Å². The molecule has 12 rings (SSSR count). The molecule has 0 saturated heterocycles. The van der Waals surface area contributed by atoms with Crippen LogP contribution in [0.2, 0.25) is 0 Å². The second-order valence-electron chi connectivity index (χ2n) is 15.7. The van der Waals surface area contributed by atoms with Crippen LogP contribution in [0.4, 0.5) is 17.1 Å². The minimum atomic E-state index is 0.901. The van der Waals surface area contributed by atoms with Gasteiger partial charge >= 0.3 is 0 Å². The van der Waals surface area contributed by atoms with Crippen molar-refractivity contribution in [2.75, 3.05) is 4.90 Å². The summed E-state index contributed by atoms with van der Waals surface area (Å²) < 4.78 is 6.54. The van der Waals surface area contributed by atoms with Crippen LogP contribution in [-0.2, 0) is 0 Å². The van der Waals surface area contributed by atoms with Crippen molar-refractivity contribution in [3.63, 3.8) is 0 Å². The van der Waals surface area contributed by atoms with Crippen LogP contribution in [-0.4, -0.2) is 0 Å². The summed E-state index contributed by atoms with van der Waals surface area (Å²) in [5, 5.41) is 12.2. The number of hydrogen-bond donors (Lipinski definition) is 0. The molecule has 0 atom stereocenters. The number of hydrogen-bond acceptors (Lipinski definition) is 2. The summed E-state index contributed by atoms with van der Waals surface area (Å²) in [5.74, 6) is 0. The Morgan fingerprint density at radius 1 is 0.267 bits per heavy atom. The highest BCUT2D eigenvalue weighted by Crippen LogP contribution is 2.43. The van der Waals surface area contributed by atoms with Crippen LogP contribution in [0.15, 0.2) is 229 Å². The highest BCUT2D eigenvalue weighted by atomic mass is 16.3. The lowest BCUT2D eigenvalue weighted by Crippen LogP contribution is -2.09. The number of furan rings is 1. The minimum Gasteiger partial charge on any atom is -0.456 e. The predicted molar refractivity (Wildman–Crippen MR) is 255 cm³/mol. The highest BCUT2D eigenvalue weighted by Gasteiger charge is 2.18. The van der Waals surface area contributed by atoms with E-state index in [4.69, 9.17) is 4.42 Å². The predicted octanol–water partition coefficient (Wildman–Crippen LogP) is 16.7. The van der Waals surface area contributed by atoms with Gasteiger partial charge in [-0.05, 0) is 143 Å². The molecular formula is C58H37NO. The van der Waals surface area contributed by atoms with E-state index in [1.165, 1.54) is 65.3 Å². The molecule has 0 N–H and O–H groups in total. The molecule has 60 heavy (non-hydrogen) atoms. The maximum Gasteiger partial charge on any atom is 0.136 e. The number of nitrogens with zero attached hydrogens (tertiary/aromatic N) is 1. The van der Waals surface area contributed by atoms with Crippen LogP contribution < -0.4 is 4.90 Å². The smallest absolute Gasteiger partial charge is 0.136 e. The lowest BCUT2D eigenvalue weighted by molar-refractivity contribution is 0.669. The van der Waals surface area contributed by atoms with Crippen LogP contribution in [0, 0.1) is 0 Å². The Bertz CT molecular complexity index is 3580. The standard InChI is InChI=1S/C58H37NO/c1-2-15-45(16-3-1)59(47-31-26-40(27-32-47)53-36-43-14-6-7-17-48(43)49-18-8-9-19-50(49)53)46-29-24-39(25-30-46)42-28-33-51-54(44-23-22-38-12-4-5-13-41(38)34-44)37-57-58(55(51)35-42)52-20-10-11-21-56(52)60-57/h1-37H. The summed E-state index contributed by atoms with van der Waals surface area (Å²) >= 11 is 0. The van der Waals surface area contributed by atoms with Crippen LogP contribution in [0.25, 0.3) is 98.4 Å². The molecule has 0 radical (unpaired) electrons. The maximum absolute atomic E-state index is 6.54. The Hall–Kier alpha value is -7.94. The van der Waals surface area contributed by atoms with Crippen molar-refractivity contribution in [1.82, 2.24) is 0 Å². The zero-order valence-electron chi connectivity index (χ0n) is 32.7. The van der Waals surface area contributed by atoms with E-state index in [-0.39, 0.29) is 0 Å². The van der Waals surface area contributed by atoms with E-state index in [1.54, 1.807) is 0 Å². The molecule has 0 amide bonds. The Balaban J connectivity index is 0.949. The molecule has 1 heterocycles. The van der Waals surface area contributed by atoms with Crippen molar-refractivity contribution >= 4 is 82.1 Å². The molecule has 0 aliphatic heterocycles. The Kier molecular flexibility index (Phi) is 7.89. The largest absolute Gasteiger partial charge is 0.456 e. The topological polar surface area (TPSA) is 16.4 Å². The molecule has 0 fully saturated rings.